The number of rotatable bonds is 4. The number of aliphatic hydroxyl groups is 2. The number of nitrogens with zero attached hydrogens (tertiary/aromatic N) is 2. The van der Waals surface area contributed by atoms with E-state index in [1.807, 2.05) is 25.1 Å². The molecule has 0 unspecified atom stereocenters. The van der Waals surface area contributed by atoms with E-state index in [4.69, 9.17) is 0 Å². The lowest BCUT2D eigenvalue weighted by Crippen LogP contribution is -2.33. The molecule has 1 aliphatic carbocycles. The molecule has 152 valence electrons. The first-order chi connectivity index (χ1) is 13.8. The van der Waals surface area contributed by atoms with Gasteiger partial charge in [0.15, 0.2) is 0 Å². The van der Waals surface area contributed by atoms with E-state index >= 15 is 0 Å². The summed E-state index contributed by atoms with van der Waals surface area (Å²) in [5.74, 6) is 1.49. The molecule has 2 aromatic carbocycles. The number of aromatic nitrogens is 2. The van der Waals surface area contributed by atoms with Crippen LogP contribution in [0.2, 0.25) is 0 Å². The van der Waals surface area contributed by atoms with Crippen LogP contribution < -0.4 is 5.32 Å². The van der Waals surface area contributed by atoms with Crippen LogP contribution >= 0.6 is 0 Å². The summed E-state index contributed by atoms with van der Waals surface area (Å²) in [6.07, 6.45) is 2.06. The normalized spacial score (nSPS) is 23.1. The maximum absolute atomic E-state index is 11.2. The van der Waals surface area contributed by atoms with Crippen molar-refractivity contribution in [1.82, 2.24) is 9.97 Å². The highest BCUT2D eigenvalue weighted by Crippen LogP contribution is 2.39. The molecule has 0 radical (unpaired) electrons. The number of hydrogen-bond donors (Lipinski definition) is 3. The molecule has 1 atom stereocenters. The van der Waals surface area contributed by atoms with Gasteiger partial charge in [-0.15, -0.1) is 0 Å². The molecular weight excluding hydrogens is 362 g/mol. The Morgan fingerprint density at radius 2 is 1.83 bits per heavy atom. The largest absolute Gasteiger partial charge is 0.393 e. The molecule has 3 aromatic rings. The highest BCUT2D eigenvalue weighted by molar-refractivity contribution is 5.90. The summed E-state index contributed by atoms with van der Waals surface area (Å²) in [5.41, 5.74) is 3.25. The molecule has 3 N–H and O–H groups in total. The number of benzene rings is 2. The van der Waals surface area contributed by atoms with Crippen molar-refractivity contribution in [2.75, 3.05) is 5.32 Å². The molecule has 1 aromatic heterocycles. The fourth-order valence-corrected chi connectivity index (χ4v) is 4.24. The average molecular weight is 392 g/mol. The van der Waals surface area contributed by atoms with Gasteiger partial charge in [-0.1, -0.05) is 35.9 Å². The molecule has 4 rings (SSSR count). The van der Waals surface area contributed by atoms with E-state index in [0.29, 0.717) is 31.5 Å². The summed E-state index contributed by atoms with van der Waals surface area (Å²) in [6.45, 7) is 6.11. The Bertz CT molecular complexity index is 1030. The number of nitrogens with one attached hydrogen (secondary N) is 1. The molecule has 5 heteroatoms. The van der Waals surface area contributed by atoms with E-state index in [9.17, 15) is 10.2 Å². The Hall–Kier alpha value is -2.50. The molecular formula is C24H29N3O2. The number of fused-ring (bicyclic) bond motifs is 1. The predicted molar refractivity (Wildman–Crippen MR) is 116 cm³/mol. The Balaban J connectivity index is 1.71. The van der Waals surface area contributed by atoms with Crippen LogP contribution in [0.3, 0.4) is 0 Å². The van der Waals surface area contributed by atoms with Crippen molar-refractivity contribution in [2.24, 2.45) is 0 Å². The second-order valence-corrected chi connectivity index (χ2v) is 8.39. The minimum atomic E-state index is -0.905. The zero-order valence-corrected chi connectivity index (χ0v) is 17.3. The highest BCUT2D eigenvalue weighted by atomic mass is 16.3. The van der Waals surface area contributed by atoms with Crippen LogP contribution in [0.4, 0.5) is 5.82 Å². The summed E-state index contributed by atoms with van der Waals surface area (Å²) >= 11 is 0. The second kappa shape index (κ2) is 7.73. The van der Waals surface area contributed by atoms with E-state index in [1.165, 1.54) is 11.1 Å². The van der Waals surface area contributed by atoms with Gasteiger partial charge >= 0.3 is 0 Å². The quantitative estimate of drug-likeness (QED) is 0.608. The van der Waals surface area contributed by atoms with E-state index < -0.39 is 5.60 Å². The Morgan fingerprint density at radius 1 is 1.07 bits per heavy atom. The van der Waals surface area contributed by atoms with Crippen molar-refractivity contribution in [3.8, 4) is 0 Å². The lowest BCUT2D eigenvalue weighted by molar-refractivity contribution is -0.0360. The number of hydrogen-bond acceptors (Lipinski definition) is 5. The minimum absolute atomic E-state index is 0.0870. The van der Waals surface area contributed by atoms with Crippen molar-refractivity contribution in [3.63, 3.8) is 0 Å². The lowest BCUT2D eigenvalue weighted by Gasteiger charge is -2.35. The van der Waals surface area contributed by atoms with E-state index in [2.05, 4.69) is 53.4 Å². The zero-order valence-electron chi connectivity index (χ0n) is 17.3. The topological polar surface area (TPSA) is 78.3 Å². The summed E-state index contributed by atoms with van der Waals surface area (Å²) in [6, 6.07) is 14.5. The van der Waals surface area contributed by atoms with Crippen LogP contribution in [0, 0.1) is 13.8 Å². The minimum Gasteiger partial charge on any atom is -0.393 e. The third-order valence-corrected chi connectivity index (χ3v) is 6.02. The molecule has 0 aliphatic heterocycles. The summed E-state index contributed by atoms with van der Waals surface area (Å²) in [7, 11) is 0. The SMILES string of the molecule is Cc1cccc([C@@H](C)Nc2nc(C)nc3ccc(C4(O)CCC(O)CC4)cc23)c1. The molecule has 29 heavy (non-hydrogen) atoms. The maximum Gasteiger partial charge on any atom is 0.138 e. The van der Waals surface area contributed by atoms with Crippen LogP contribution in [-0.2, 0) is 5.60 Å². The van der Waals surface area contributed by atoms with Gasteiger partial charge in [0.2, 0.25) is 0 Å². The third kappa shape index (κ3) is 4.11. The van der Waals surface area contributed by atoms with E-state index in [1.54, 1.807) is 0 Å². The van der Waals surface area contributed by atoms with Crippen LogP contribution in [0.1, 0.15) is 61.2 Å². The van der Waals surface area contributed by atoms with Crippen LogP contribution in [-0.4, -0.2) is 26.3 Å². The highest BCUT2D eigenvalue weighted by Gasteiger charge is 2.34. The van der Waals surface area contributed by atoms with Crippen molar-refractivity contribution in [1.29, 1.82) is 0 Å². The van der Waals surface area contributed by atoms with Crippen molar-refractivity contribution in [2.45, 2.75) is 64.2 Å². The van der Waals surface area contributed by atoms with Gasteiger partial charge in [0.1, 0.15) is 11.6 Å². The molecule has 1 saturated carbocycles. The molecule has 1 heterocycles. The lowest BCUT2D eigenvalue weighted by atomic mass is 9.78. The van der Waals surface area contributed by atoms with Crippen LogP contribution in [0.15, 0.2) is 42.5 Å². The molecule has 5 nitrogen and oxygen atoms in total. The predicted octanol–water partition coefficient (Wildman–Crippen LogP) is 4.54. The monoisotopic (exact) mass is 391 g/mol. The van der Waals surface area contributed by atoms with Gasteiger partial charge in [-0.3, -0.25) is 0 Å². The Morgan fingerprint density at radius 3 is 2.55 bits per heavy atom. The van der Waals surface area contributed by atoms with E-state index in [0.717, 1.165) is 22.3 Å². The Labute approximate surface area is 171 Å². The van der Waals surface area contributed by atoms with Gasteiger partial charge < -0.3 is 15.5 Å². The average Bonchev–Trinajstić information content (AvgIpc) is 2.70. The van der Waals surface area contributed by atoms with Gasteiger partial charge in [-0.25, -0.2) is 9.97 Å². The number of aliphatic hydroxyl groups excluding tert-OH is 1. The first kappa shape index (κ1) is 19.8. The molecule has 0 spiro atoms. The standard InChI is InChI=1S/C24H29N3O2/c1-15-5-4-6-18(13-15)16(2)25-23-21-14-19(7-8-22(21)26-17(3)27-23)24(29)11-9-20(28)10-12-24/h4-8,13-14,16,20,28-29H,9-12H2,1-3H3,(H,25,26,27)/t16-,20?,24?/m1/s1. The fourth-order valence-electron chi connectivity index (χ4n) is 4.24. The maximum atomic E-state index is 11.2. The summed E-state index contributed by atoms with van der Waals surface area (Å²) in [4.78, 5) is 9.25. The van der Waals surface area contributed by atoms with Gasteiger partial charge in [0.25, 0.3) is 0 Å². The van der Waals surface area contributed by atoms with Gasteiger partial charge in [0.05, 0.1) is 17.2 Å². The van der Waals surface area contributed by atoms with Gasteiger partial charge in [0, 0.05) is 11.4 Å². The van der Waals surface area contributed by atoms with Crippen molar-refractivity contribution >= 4 is 16.7 Å². The van der Waals surface area contributed by atoms with Crippen LogP contribution in [0.5, 0.6) is 0 Å². The van der Waals surface area contributed by atoms with Crippen molar-refractivity contribution in [3.05, 3.63) is 65.0 Å². The molecule has 0 bridgehead atoms. The Kier molecular flexibility index (Phi) is 5.28. The number of aryl methyl sites for hydroxylation is 2. The molecule has 0 amide bonds. The molecule has 0 saturated heterocycles. The van der Waals surface area contributed by atoms with Crippen LogP contribution in [0.25, 0.3) is 10.9 Å². The number of anilines is 1. The zero-order chi connectivity index (χ0) is 20.6. The van der Waals surface area contributed by atoms with Gasteiger partial charge in [-0.05, 0) is 69.7 Å². The smallest absolute Gasteiger partial charge is 0.138 e. The second-order valence-electron chi connectivity index (χ2n) is 8.39. The summed E-state index contributed by atoms with van der Waals surface area (Å²) in [5, 5.41) is 25.5. The third-order valence-electron chi connectivity index (χ3n) is 6.02. The molecule has 1 fully saturated rings. The van der Waals surface area contributed by atoms with Crippen molar-refractivity contribution < 1.29 is 10.2 Å². The summed E-state index contributed by atoms with van der Waals surface area (Å²) < 4.78 is 0. The first-order valence-electron chi connectivity index (χ1n) is 10.4. The first-order valence-corrected chi connectivity index (χ1v) is 10.4. The molecule has 1 aliphatic rings. The van der Waals surface area contributed by atoms with E-state index in [-0.39, 0.29) is 12.1 Å². The fraction of sp³-hybridized carbons (Fsp3) is 0.417. The van der Waals surface area contributed by atoms with Gasteiger partial charge in [-0.2, -0.15) is 0 Å².